The van der Waals surface area contributed by atoms with Crippen LogP contribution in [0.3, 0.4) is 0 Å². The predicted octanol–water partition coefficient (Wildman–Crippen LogP) is 16.0. The van der Waals surface area contributed by atoms with Gasteiger partial charge in [0.05, 0.1) is 0 Å². The molecule has 268 valence electrons. The Kier molecular flexibility index (Phi) is 9.79. The second-order valence-electron chi connectivity index (χ2n) is 14.7. The number of hydrogen-bond donors (Lipinski definition) is 0. The lowest BCUT2D eigenvalue weighted by atomic mass is 9.83. The first-order valence-electron chi connectivity index (χ1n) is 19.2. The zero-order valence-corrected chi connectivity index (χ0v) is 32.6. The zero-order valence-electron chi connectivity index (χ0n) is 32.6. The van der Waals surface area contributed by atoms with Gasteiger partial charge in [-0.1, -0.05) is 180 Å². The second kappa shape index (κ2) is 15.1. The molecule has 1 heteroatoms. The fourth-order valence-electron chi connectivity index (χ4n) is 7.67. The Morgan fingerprint density at radius 1 is 0.364 bits per heavy atom. The summed E-state index contributed by atoms with van der Waals surface area (Å²) in [5.74, 6) is 0. The van der Waals surface area contributed by atoms with E-state index in [1.54, 1.807) is 0 Å². The van der Waals surface area contributed by atoms with Crippen LogP contribution in [0.4, 0.5) is 0 Å². The molecule has 10 aromatic rings. The maximum absolute atomic E-state index is 6.58. The summed E-state index contributed by atoms with van der Waals surface area (Å²) in [6.07, 6.45) is 4.00. The van der Waals surface area contributed by atoms with E-state index in [4.69, 9.17) is 4.42 Å². The molecule has 1 aromatic heterocycles. The highest BCUT2D eigenvalue weighted by atomic mass is 16.3. The molecule has 1 heterocycles. The third kappa shape index (κ3) is 6.79. The monoisotopic (exact) mass is 710 g/mol. The molecular formula is C54H46O. The molecule has 0 aliphatic rings. The molecule has 0 N–H and O–H groups in total. The molecule has 0 spiro atoms. The molecule has 0 atom stereocenters. The Hall–Kier alpha value is -6.44. The molecule has 0 aliphatic heterocycles. The Morgan fingerprint density at radius 2 is 0.855 bits per heavy atom. The van der Waals surface area contributed by atoms with Crippen LogP contribution in [0.2, 0.25) is 0 Å². The van der Waals surface area contributed by atoms with Gasteiger partial charge < -0.3 is 4.42 Å². The first kappa shape index (κ1) is 35.6. The lowest BCUT2D eigenvalue weighted by Gasteiger charge is -2.19. The predicted molar refractivity (Wildman–Crippen MR) is 240 cm³/mol. The van der Waals surface area contributed by atoms with Crippen LogP contribution in [0, 0.1) is 27.7 Å². The van der Waals surface area contributed by atoms with E-state index in [0.29, 0.717) is 0 Å². The van der Waals surface area contributed by atoms with Crippen molar-refractivity contribution in [2.75, 3.05) is 0 Å². The molecule has 1 nitrogen and oxygen atoms in total. The maximum Gasteiger partial charge on any atom is 0.143 e. The minimum Gasteiger partial charge on any atom is -0.455 e. The van der Waals surface area contributed by atoms with Crippen LogP contribution in [0.5, 0.6) is 0 Å². The molecule has 55 heavy (non-hydrogen) atoms. The molecule has 0 unspecified atom stereocenters. The van der Waals surface area contributed by atoms with Gasteiger partial charge in [0, 0.05) is 16.3 Å². The fourth-order valence-corrected chi connectivity index (χ4v) is 7.67. The van der Waals surface area contributed by atoms with Crippen LogP contribution in [0.1, 0.15) is 36.1 Å². The summed E-state index contributed by atoms with van der Waals surface area (Å²) in [6, 6.07) is 57.4. The van der Waals surface area contributed by atoms with E-state index in [-0.39, 0.29) is 0 Å². The molecule has 9 aromatic carbocycles. The van der Waals surface area contributed by atoms with Gasteiger partial charge in [-0.2, -0.15) is 0 Å². The number of benzene rings is 9. The molecule has 0 saturated carbocycles. The van der Waals surface area contributed by atoms with Crippen LogP contribution in [-0.4, -0.2) is 0 Å². The van der Waals surface area contributed by atoms with E-state index < -0.39 is 0 Å². The highest BCUT2D eigenvalue weighted by Gasteiger charge is 2.20. The Morgan fingerprint density at radius 3 is 1.47 bits per heavy atom. The number of hydrogen-bond acceptors (Lipinski definition) is 1. The van der Waals surface area contributed by atoms with Crippen LogP contribution >= 0.6 is 0 Å². The maximum atomic E-state index is 6.58. The van der Waals surface area contributed by atoms with Crippen molar-refractivity contribution < 1.29 is 4.42 Å². The highest BCUT2D eigenvalue weighted by Crippen LogP contribution is 2.47. The number of furan rings is 1. The number of fused-ring (bicyclic) bond motifs is 3. The second-order valence-corrected chi connectivity index (χ2v) is 14.7. The molecule has 0 radical (unpaired) electrons. The van der Waals surface area contributed by atoms with Gasteiger partial charge >= 0.3 is 0 Å². The van der Waals surface area contributed by atoms with Crippen molar-refractivity contribution in [2.24, 2.45) is 0 Å². The number of para-hydroxylation sites is 2. The average Bonchev–Trinajstić information content (AvgIpc) is 3.61. The van der Waals surface area contributed by atoms with Gasteiger partial charge in [-0.05, 0) is 114 Å². The quantitative estimate of drug-likeness (QED) is 0.131. The van der Waals surface area contributed by atoms with Crippen LogP contribution in [0.25, 0.3) is 87.6 Å². The summed E-state index contributed by atoms with van der Waals surface area (Å²) >= 11 is 0. The minimum atomic E-state index is 0.921. The lowest BCUT2D eigenvalue weighted by Crippen LogP contribution is -1.92. The SMILES string of the molecule is C/C=C\C.Cc1ccc(-c2ccc3ccc4c(-c5ccc(C)cc5)cc(-c5cccc6c5oc5ccccc56)c5ccc2c3c45)cc1.Cc1ccc(C)cc1. The molecule has 10 rings (SSSR count). The first-order valence-corrected chi connectivity index (χ1v) is 19.2. The summed E-state index contributed by atoms with van der Waals surface area (Å²) < 4.78 is 6.58. The van der Waals surface area contributed by atoms with Gasteiger partial charge in [0.1, 0.15) is 11.2 Å². The zero-order chi connectivity index (χ0) is 38.1. The Balaban J connectivity index is 0.000000309. The van der Waals surface area contributed by atoms with Crippen molar-refractivity contribution in [2.45, 2.75) is 41.5 Å². The normalized spacial score (nSPS) is 11.4. The molecular weight excluding hydrogens is 665 g/mol. The van der Waals surface area contributed by atoms with E-state index >= 15 is 0 Å². The number of allylic oxidation sites excluding steroid dienone is 2. The van der Waals surface area contributed by atoms with E-state index in [1.807, 2.05) is 32.1 Å². The fraction of sp³-hybridized carbons (Fsp3) is 0.111. The summed E-state index contributed by atoms with van der Waals surface area (Å²) in [6.45, 7) is 12.5. The standard InChI is InChI=1S/C42H28O.C8H10.C4H8/c1-25-10-14-27(15-11-25)30-20-18-29-19-21-33-37(28-16-12-26(2)13-17-28)24-38(34-23-22-32(30)40(29)41(33)34)36-8-5-7-35-31-6-3-4-9-39(31)43-42(35)36;1-7-3-5-8(2)6-4-7;1-3-4-2/h3-24H,1-2H3;3-6H,1-2H3;3-4H,1-2H3/b;;4-3-. The van der Waals surface area contributed by atoms with Gasteiger partial charge in [-0.15, -0.1) is 0 Å². The van der Waals surface area contributed by atoms with Crippen molar-refractivity contribution in [3.63, 3.8) is 0 Å². The lowest BCUT2D eigenvalue weighted by molar-refractivity contribution is 0.670. The summed E-state index contributed by atoms with van der Waals surface area (Å²) in [5.41, 5.74) is 14.3. The van der Waals surface area contributed by atoms with Gasteiger partial charge in [0.15, 0.2) is 0 Å². The summed E-state index contributed by atoms with van der Waals surface area (Å²) in [4.78, 5) is 0. The summed E-state index contributed by atoms with van der Waals surface area (Å²) in [5, 5.41) is 10.0. The van der Waals surface area contributed by atoms with Crippen LogP contribution in [-0.2, 0) is 0 Å². The van der Waals surface area contributed by atoms with Crippen molar-refractivity contribution in [1.82, 2.24) is 0 Å². The third-order valence-corrected chi connectivity index (χ3v) is 10.8. The summed E-state index contributed by atoms with van der Waals surface area (Å²) in [7, 11) is 0. The molecule has 0 aliphatic carbocycles. The Labute approximate surface area is 324 Å². The number of aryl methyl sites for hydroxylation is 4. The molecule has 0 fully saturated rings. The number of rotatable bonds is 3. The van der Waals surface area contributed by atoms with E-state index in [9.17, 15) is 0 Å². The average molecular weight is 711 g/mol. The first-order chi connectivity index (χ1) is 26.8. The van der Waals surface area contributed by atoms with Gasteiger partial charge in [0.2, 0.25) is 0 Å². The largest absolute Gasteiger partial charge is 0.455 e. The molecule has 0 saturated heterocycles. The molecule has 0 bridgehead atoms. The minimum absolute atomic E-state index is 0.921. The van der Waals surface area contributed by atoms with Crippen LogP contribution < -0.4 is 0 Å². The van der Waals surface area contributed by atoms with E-state index in [2.05, 4.69) is 179 Å². The third-order valence-electron chi connectivity index (χ3n) is 10.8. The van der Waals surface area contributed by atoms with Crippen molar-refractivity contribution in [3.05, 3.63) is 192 Å². The Bertz CT molecular complexity index is 2910. The van der Waals surface area contributed by atoms with Crippen molar-refractivity contribution in [3.8, 4) is 33.4 Å². The molecule has 0 amide bonds. The van der Waals surface area contributed by atoms with Crippen molar-refractivity contribution in [1.29, 1.82) is 0 Å². The van der Waals surface area contributed by atoms with E-state index in [1.165, 1.54) is 82.4 Å². The van der Waals surface area contributed by atoms with E-state index in [0.717, 1.165) is 27.5 Å². The van der Waals surface area contributed by atoms with Gasteiger partial charge in [-0.25, -0.2) is 0 Å². The van der Waals surface area contributed by atoms with Gasteiger partial charge in [-0.3, -0.25) is 0 Å². The topological polar surface area (TPSA) is 13.1 Å². The smallest absolute Gasteiger partial charge is 0.143 e. The highest BCUT2D eigenvalue weighted by molar-refractivity contribution is 6.30. The van der Waals surface area contributed by atoms with Crippen LogP contribution in [0.15, 0.2) is 174 Å². The van der Waals surface area contributed by atoms with Crippen molar-refractivity contribution >= 4 is 54.3 Å². The van der Waals surface area contributed by atoms with Gasteiger partial charge in [0.25, 0.3) is 0 Å².